The van der Waals surface area contributed by atoms with E-state index in [0.717, 1.165) is 0 Å². The molecule has 2 aromatic rings. The first kappa shape index (κ1) is 18.5. The van der Waals surface area contributed by atoms with Gasteiger partial charge in [0.25, 0.3) is 5.91 Å². The molecule has 0 aromatic heterocycles. The van der Waals surface area contributed by atoms with Crippen molar-refractivity contribution in [2.45, 2.75) is 20.0 Å². The van der Waals surface area contributed by atoms with E-state index in [1.807, 2.05) is 19.9 Å². The lowest BCUT2D eigenvalue weighted by Crippen LogP contribution is -2.30. The highest BCUT2D eigenvalue weighted by Crippen LogP contribution is 2.18. The standard InChI is InChI=1S/C20H22N2O3/c1-3-22(4-2)20(24)17-9-11-18(12-10-17)25-14-19(23)16-7-5-15(13-21)6-8-16/h5-12,19,23H,3-4,14H2,1-2H3. The smallest absolute Gasteiger partial charge is 0.253 e. The molecule has 1 atom stereocenters. The first-order chi connectivity index (χ1) is 12.1. The average Bonchev–Trinajstić information content (AvgIpc) is 2.67. The van der Waals surface area contributed by atoms with Gasteiger partial charge < -0.3 is 14.7 Å². The van der Waals surface area contributed by atoms with Gasteiger partial charge >= 0.3 is 0 Å². The molecular formula is C20H22N2O3. The fourth-order valence-electron chi connectivity index (χ4n) is 2.44. The van der Waals surface area contributed by atoms with Gasteiger partial charge in [0.15, 0.2) is 0 Å². The first-order valence-electron chi connectivity index (χ1n) is 8.29. The van der Waals surface area contributed by atoms with Crippen LogP contribution in [0.1, 0.15) is 41.4 Å². The number of hydrogen-bond donors (Lipinski definition) is 1. The van der Waals surface area contributed by atoms with Crippen molar-refractivity contribution in [2.75, 3.05) is 19.7 Å². The lowest BCUT2D eigenvalue weighted by molar-refractivity contribution is 0.0772. The van der Waals surface area contributed by atoms with E-state index in [4.69, 9.17) is 10.00 Å². The van der Waals surface area contributed by atoms with Crippen LogP contribution in [0.3, 0.4) is 0 Å². The number of carbonyl (C=O) groups excluding carboxylic acids is 1. The molecule has 0 saturated heterocycles. The summed E-state index contributed by atoms with van der Waals surface area (Å²) in [6, 6.07) is 15.7. The van der Waals surface area contributed by atoms with Crippen LogP contribution in [0.25, 0.3) is 0 Å². The Kier molecular flexibility index (Phi) is 6.55. The maximum Gasteiger partial charge on any atom is 0.253 e. The Balaban J connectivity index is 1.94. The van der Waals surface area contributed by atoms with Gasteiger partial charge in [-0.1, -0.05) is 12.1 Å². The lowest BCUT2D eigenvalue weighted by Gasteiger charge is -2.18. The minimum Gasteiger partial charge on any atom is -0.491 e. The molecule has 0 saturated carbocycles. The minimum atomic E-state index is -0.787. The Morgan fingerprint density at radius 3 is 2.24 bits per heavy atom. The van der Waals surface area contributed by atoms with Crippen LogP contribution in [0.15, 0.2) is 48.5 Å². The van der Waals surface area contributed by atoms with Crippen LogP contribution in [-0.4, -0.2) is 35.6 Å². The zero-order valence-corrected chi connectivity index (χ0v) is 14.5. The number of nitrogens with zero attached hydrogens (tertiary/aromatic N) is 2. The van der Waals surface area contributed by atoms with Crippen LogP contribution < -0.4 is 4.74 Å². The van der Waals surface area contributed by atoms with E-state index in [-0.39, 0.29) is 12.5 Å². The van der Waals surface area contributed by atoms with Crippen molar-refractivity contribution < 1.29 is 14.6 Å². The molecule has 0 aliphatic carbocycles. The van der Waals surface area contributed by atoms with Crippen LogP contribution in [0.4, 0.5) is 0 Å². The van der Waals surface area contributed by atoms with Gasteiger partial charge in [-0.3, -0.25) is 4.79 Å². The Morgan fingerprint density at radius 2 is 1.72 bits per heavy atom. The third-order valence-corrected chi connectivity index (χ3v) is 3.98. The zero-order chi connectivity index (χ0) is 18.2. The molecule has 1 N–H and O–H groups in total. The molecule has 0 aliphatic heterocycles. The number of carbonyl (C=O) groups is 1. The molecule has 5 heteroatoms. The van der Waals surface area contributed by atoms with Crippen molar-refractivity contribution in [2.24, 2.45) is 0 Å². The van der Waals surface area contributed by atoms with Crippen molar-refractivity contribution in [3.63, 3.8) is 0 Å². The quantitative estimate of drug-likeness (QED) is 0.841. The topological polar surface area (TPSA) is 73.6 Å². The first-order valence-corrected chi connectivity index (χ1v) is 8.29. The molecule has 5 nitrogen and oxygen atoms in total. The monoisotopic (exact) mass is 338 g/mol. The van der Waals surface area contributed by atoms with Crippen molar-refractivity contribution in [1.82, 2.24) is 4.90 Å². The molecule has 25 heavy (non-hydrogen) atoms. The molecule has 1 amide bonds. The Bertz CT molecular complexity index is 729. The van der Waals surface area contributed by atoms with Gasteiger partial charge in [0, 0.05) is 18.7 Å². The maximum absolute atomic E-state index is 12.2. The van der Waals surface area contributed by atoms with Crippen molar-refractivity contribution in [3.05, 3.63) is 65.2 Å². The second-order valence-electron chi connectivity index (χ2n) is 5.56. The molecule has 130 valence electrons. The minimum absolute atomic E-state index is 0.00540. The molecule has 0 aliphatic rings. The SMILES string of the molecule is CCN(CC)C(=O)c1ccc(OCC(O)c2ccc(C#N)cc2)cc1. The van der Waals surface area contributed by atoms with E-state index < -0.39 is 6.10 Å². The highest BCUT2D eigenvalue weighted by molar-refractivity contribution is 5.94. The normalized spacial score (nSPS) is 11.4. The van der Waals surface area contributed by atoms with Gasteiger partial charge in [0.05, 0.1) is 11.6 Å². The van der Waals surface area contributed by atoms with Gasteiger partial charge in [0.1, 0.15) is 18.5 Å². The lowest BCUT2D eigenvalue weighted by atomic mass is 10.1. The van der Waals surface area contributed by atoms with Gasteiger partial charge in [-0.25, -0.2) is 0 Å². The third kappa shape index (κ3) is 4.82. The fraction of sp³-hybridized carbons (Fsp3) is 0.300. The molecule has 0 bridgehead atoms. The number of aliphatic hydroxyl groups is 1. The van der Waals surface area contributed by atoms with Crippen LogP contribution in [-0.2, 0) is 0 Å². The summed E-state index contributed by atoms with van der Waals surface area (Å²) >= 11 is 0. The molecule has 2 aromatic carbocycles. The van der Waals surface area contributed by atoms with Crippen LogP contribution >= 0.6 is 0 Å². The fourth-order valence-corrected chi connectivity index (χ4v) is 2.44. The van der Waals surface area contributed by atoms with E-state index in [2.05, 4.69) is 0 Å². The number of aliphatic hydroxyl groups excluding tert-OH is 1. The third-order valence-electron chi connectivity index (χ3n) is 3.98. The predicted molar refractivity (Wildman–Crippen MR) is 95.3 cm³/mol. The Hall–Kier alpha value is -2.84. The number of benzene rings is 2. The number of nitriles is 1. The average molecular weight is 338 g/mol. The Morgan fingerprint density at radius 1 is 1.12 bits per heavy atom. The highest BCUT2D eigenvalue weighted by Gasteiger charge is 2.13. The summed E-state index contributed by atoms with van der Waals surface area (Å²) in [6.45, 7) is 5.33. The van der Waals surface area contributed by atoms with Crippen LogP contribution in [0, 0.1) is 11.3 Å². The number of amides is 1. The second kappa shape index (κ2) is 8.86. The number of hydrogen-bond acceptors (Lipinski definition) is 4. The molecule has 0 heterocycles. The molecule has 0 spiro atoms. The summed E-state index contributed by atoms with van der Waals surface area (Å²) in [4.78, 5) is 14.0. The van der Waals surface area contributed by atoms with Crippen LogP contribution in [0.2, 0.25) is 0 Å². The van der Waals surface area contributed by atoms with E-state index in [9.17, 15) is 9.90 Å². The van der Waals surface area contributed by atoms with Gasteiger partial charge in [-0.15, -0.1) is 0 Å². The number of rotatable bonds is 7. The summed E-state index contributed by atoms with van der Waals surface area (Å²) in [5, 5.41) is 18.9. The summed E-state index contributed by atoms with van der Waals surface area (Å²) < 4.78 is 5.59. The largest absolute Gasteiger partial charge is 0.491 e. The second-order valence-corrected chi connectivity index (χ2v) is 5.56. The molecule has 0 radical (unpaired) electrons. The van der Waals surface area contributed by atoms with Crippen molar-refractivity contribution in [3.8, 4) is 11.8 Å². The van der Waals surface area contributed by atoms with Gasteiger partial charge in [-0.05, 0) is 55.8 Å². The molecule has 0 fully saturated rings. The summed E-state index contributed by atoms with van der Waals surface area (Å²) in [5.74, 6) is 0.581. The van der Waals surface area contributed by atoms with E-state index in [0.29, 0.717) is 35.5 Å². The van der Waals surface area contributed by atoms with E-state index in [1.54, 1.807) is 53.4 Å². The molecule has 1 unspecified atom stereocenters. The Labute approximate surface area is 148 Å². The molecule has 2 rings (SSSR count). The van der Waals surface area contributed by atoms with Crippen molar-refractivity contribution >= 4 is 5.91 Å². The summed E-state index contributed by atoms with van der Waals surface area (Å²) in [7, 11) is 0. The molecular weight excluding hydrogens is 316 g/mol. The zero-order valence-electron chi connectivity index (χ0n) is 14.5. The number of ether oxygens (including phenoxy) is 1. The highest BCUT2D eigenvalue weighted by atomic mass is 16.5. The van der Waals surface area contributed by atoms with E-state index in [1.165, 1.54) is 0 Å². The maximum atomic E-state index is 12.2. The summed E-state index contributed by atoms with van der Waals surface area (Å²) in [6.07, 6.45) is -0.787. The predicted octanol–water partition coefficient (Wildman–Crippen LogP) is 3.15. The van der Waals surface area contributed by atoms with Crippen molar-refractivity contribution in [1.29, 1.82) is 5.26 Å². The van der Waals surface area contributed by atoms with Gasteiger partial charge in [-0.2, -0.15) is 5.26 Å². The van der Waals surface area contributed by atoms with Crippen LogP contribution in [0.5, 0.6) is 5.75 Å². The summed E-state index contributed by atoms with van der Waals surface area (Å²) in [5.41, 5.74) is 1.85. The van der Waals surface area contributed by atoms with Gasteiger partial charge in [0.2, 0.25) is 0 Å². The van der Waals surface area contributed by atoms with E-state index >= 15 is 0 Å².